The van der Waals surface area contributed by atoms with Gasteiger partial charge in [0.25, 0.3) is 0 Å². The van der Waals surface area contributed by atoms with Gasteiger partial charge in [0.1, 0.15) is 11.6 Å². The van der Waals surface area contributed by atoms with Gasteiger partial charge in [0.2, 0.25) is 0 Å². The molecule has 0 spiro atoms. The smallest absolute Gasteiger partial charge is 0.317 e. The van der Waals surface area contributed by atoms with Crippen molar-refractivity contribution < 1.29 is 9.59 Å². The minimum absolute atomic E-state index is 0.185. The molecule has 1 aliphatic heterocycles. The second kappa shape index (κ2) is 14.0. The predicted molar refractivity (Wildman–Crippen MR) is 179 cm³/mol. The number of ketones is 1. The van der Waals surface area contributed by atoms with E-state index in [1.54, 1.807) is 4.68 Å². The standard InChI is InChI=1S/C37H45N5O2/c1-26-16-18-31(19-17-26)42-34(25-33(41-42)37(2,3)4)40-36(44)39-30-14-9-13-29(24-30)35(28-20-22-38-23-21-28)32(43)15-8-12-27-10-6-5-7-11-27/h5-7,9-11,13-14,16-19,24-25,28,35,38H,8,12,15,20-23H2,1-4H3,(H2,39,40,44). The Labute approximate surface area is 261 Å². The molecule has 7 nitrogen and oxygen atoms in total. The van der Waals surface area contributed by atoms with E-state index in [2.05, 4.69) is 48.9 Å². The molecule has 3 N–H and O–H groups in total. The Bertz CT molecular complexity index is 1550. The summed E-state index contributed by atoms with van der Waals surface area (Å²) in [6.45, 7) is 10.2. The molecule has 3 aromatic carbocycles. The Morgan fingerprint density at radius 1 is 0.932 bits per heavy atom. The molecule has 0 radical (unpaired) electrons. The van der Waals surface area contributed by atoms with E-state index in [0.29, 0.717) is 17.9 Å². The molecule has 1 saturated heterocycles. The maximum Gasteiger partial charge on any atom is 0.324 e. The Hall–Kier alpha value is -4.23. The molecule has 44 heavy (non-hydrogen) atoms. The fourth-order valence-electron chi connectivity index (χ4n) is 5.97. The van der Waals surface area contributed by atoms with E-state index in [4.69, 9.17) is 5.10 Å². The molecule has 2 amide bonds. The maximum atomic E-state index is 13.8. The van der Waals surface area contributed by atoms with E-state index in [9.17, 15) is 9.59 Å². The van der Waals surface area contributed by atoms with Crippen LogP contribution in [0.3, 0.4) is 0 Å². The first-order valence-corrected chi connectivity index (χ1v) is 15.8. The second-order valence-corrected chi connectivity index (χ2v) is 13.0. The molecule has 0 bridgehead atoms. The van der Waals surface area contributed by atoms with Crippen molar-refractivity contribution in [1.29, 1.82) is 0 Å². The van der Waals surface area contributed by atoms with Crippen LogP contribution in [-0.2, 0) is 16.6 Å². The molecule has 0 saturated carbocycles. The van der Waals surface area contributed by atoms with Gasteiger partial charge in [-0.3, -0.25) is 10.1 Å². The van der Waals surface area contributed by atoms with Crippen LogP contribution in [-0.4, -0.2) is 34.7 Å². The predicted octanol–water partition coefficient (Wildman–Crippen LogP) is 7.80. The molecule has 1 unspecified atom stereocenters. The third-order valence-corrected chi connectivity index (χ3v) is 8.44. The van der Waals surface area contributed by atoms with E-state index in [1.807, 2.05) is 79.7 Å². The number of Topliss-reactive ketones (excluding diaryl/α,β-unsaturated/α-hetero) is 1. The van der Waals surface area contributed by atoms with Gasteiger partial charge in [-0.15, -0.1) is 0 Å². The molecule has 1 atom stereocenters. The lowest BCUT2D eigenvalue weighted by Crippen LogP contribution is -2.33. The SMILES string of the molecule is Cc1ccc(-n2nc(C(C)(C)C)cc2NC(=O)Nc2cccc(C(C(=O)CCCc3ccccc3)C3CCNCC3)c2)cc1. The summed E-state index contributed by atoms with van der Waals surface area (Å²) in [7, 11) is 0. The van der Waals surface area contributed by atoms with Crippen LogP contribution >= 0.6 is 0 Å². The van der Waals surface area contributed by atoms with Gasteiger partial charge >= 0.3 is 6.03 Å². The number of carbonyl (C=O) groups excluding carboxylic acids is 2. The fourth-order valence-corrected chi connectivity index (χ4v) is 5.97. The quantitative estimate of drug-likeness (QED) is 0.176. The summed E-state index contributed by atoms with van der Waals surface area (Å²) in [4.78, 5) is 27.1. The third kappa shape index (κ3) is 8.03. The molecule has 2 heterocycles. The van der Waals surface area contributed by atoms with E-state index < -0.39 is 0 Å². The minimum Gasteiger partial charge on any atom is -0.317 e. The van der Waals surface area contributed by atoms with E-state index >= 15 is 0 Å². The average molecular weight is 592 g/mol. The van der Waals surface area contributed by atoms with Gasteiger partial charge in [0.15, 0.2) is 0 Å². The summed E-state index contributed by atoms with van der Waals surface area (Å²) in [5, 5.41) is 14.3. The van der Waals surface area contributed by atoms with E-state index in [0.717, 1.165) is 61.3 Å². The van der Waals surface area contributed by atoms with Gasteiger partial charge in [0, 0.05) is 29.5 Å². The summed E-state index contributed by atoms with van der Waals surface area (Å²) >= 11 is 0. The molecule has 7 heteroatoms. The third-order valence-electron chi connectivity index (χ3n) is 8.44. The number of urea groups is 1. The highest BCUT2D eigenvalue weighted by molar-refractivity contribution is 5.99. The molecule has 1 aromatic heterocycles. The Kier molecular flexibility index (Phi) is 9.95. The lowest BCUT2D eigenvalue weighted by Gasteiger charge is -2.30. The molecule has 4 aromatic rings. The van der Waals surface area contributed by atoms with E-state index in [1.165, 1.54) is 5.56 Å². The van der Waals surface area contributed by atoms with Gasteiger partial charge in [0.05, 0.1) is 11.4 Å². The zero-order valence-corrected chi connectivity index (χ0v) is 26.4. The average Bonchev–Trinajstić information content (AvgIpc) is 3.43. The monoisotopic (exact) mass is 591 g/mol. The molecule has 230 valence electrons. The molecule has 1 aliphatic rings. The highest BCUT2D eigenvalue weighted by atomic mass is 16.2. The Morgan fingerprint density at radius 3 is 2.36 bits per heavy atom. The van der Waals surface area contributed by atoms with Crippen molar-refractivity contribution in [2.45, 2.75) is 71.1 Å². The first-order valence-electron chi connectivity index (χ1n) is 15.8. The number of carbonyl (C=O) groups is 2. The minimum atomic E-state index is -0.358. The van der Waals surface area contributed by atoms with Crippen LogP contribution in [0.1, 0.15) is 74.8 Å². The number of anilines is 2. The van der Waals surface area contributed by atoms with Crippen molar-refractivity contribution in [1.82, 2.24) is 15.1 Å². The Morgan fingerprint density at radius 2 is 1.66 bits per heavy atom. The second-order valence-electron chi connectivity index (χ2n) is 13.0. The number of aromatic nitrogens is 2. The first-order chi connectivity index (χ1) is 21.2. The topological polar surface area (TPSA) is 88.1 Å². The number of nitrogens with zero attached hydrogens (tertiary/aromatic N) is 2. The van der Waals surface area contributed by atoms with Crippen LogP contribution < -0.4 is 16.0 Å². The summed E-state index contributed by atoms with van der Waals surface area (Å²) in [5.74, 6) is 0.971. The van der Waals surface area contributed by atoms with Gasteiger partial charge < -0.3 is 10.6 Å². The van der Waals surface area contributed by atoms with Gasteiger partial charge in [-0.1, -0.05) is 80.9 Å². The lowest BCUT2D eigenvalue weighted by atomic mass is 9.76. The normalized spacial score (nSPS) is 14.6. The summed E-state index contributed by atoms with van der Waals surface area (Å²) in [5.41, 5.74) is 5.61. The van der Waals surface area contributed by atoms with Crippen molar-refractivity contribution in [3.63, 3.8) is 0 Å². The molecular formula is C37H45N5O2. The molecular weight excluding hydrogens is 546 g/mol. The van der Waals surface area contributed by atoms with Crippen molar-refractivity contribution >= 4 is 23.3 Å². The van der Waals surface area contributed by atoms with Crippen LogP contribution in [0.2, 0.25) is 0 Å². The van der Waals surface area contributed by atoms with Gasteiger partial charge in [-0.2, -0.15) is 5.10 Å². The summed E-state index contributed by atoms with van der Waals surface area (Å²) in [6.07, 6.45) is 4.19. The number of hydrogen-bond donors (Lipinski definition) is 3. The maximum absolute atomic E-state index is 13.8. The van der Waals surface area contributed by atoms with Crippen LogP contribution in [0.4, 0.5) is 16.3 Å². The zero-order chi connectivity index (χ0) is 31.1. The van der Waals surface area contributed by atoms with E-state index in [-0.39, 0.29) is 29.1 Å². The van der Waals surface area contributed by atoms with Crippen molar-refractivity contribution in [3.8, 4) is 5.69 Å². The number of piperidine rings is 1. The summed E-state index contributed by atoms with van der Waals surface area (Å²) in [6, 6.07) is 27.8. The van der Waals surface area contributed by atoms with Gasteiger partial charge in [-0.05, 0) is 87.0 Å². The van der Waals surface area contributed by atoms with Crippen LogP contribution in [0.5, 0.6) is 0 Å². The molecule has 0 aliphatic carbocycles. The van der Waals surface area contributed by atoms with Gasteiger partial charge in [-0.25, -0.2) is 9.48 Å². The van der Waals surface area contributed by atoms with Crippen molar-refractivity contribution in [2.24, 2.45) is 5.92 Å². The Balaban J connectivity index is 1.32. The number of rotatable bonds is 10. The van der Waals surface area contributed by atoms with Crippen molar-refractivity contribution in [2.75, 3.05) is 23.7 Å². The number of amides is 2. The fraction of sp³-hybridized carbons (Fsp3) is 0.378. The first kappa shape index (κ1) is 31.2. The van der Waals surface area contributed by atoms with Crippen LogP contribution in [0, 0.1) is 12.8 Å². The van der Waals surface area contributed by atoms with Crippen LogP contribution in [0.25, 0.3) is 5.69 Å². The molecule has 5 rings (SSSR count). The zero-order valence-electron chi connectivity index (χ0n) is 26.4. The number of benzene rings is 3. The van der Waals surface area contributed by atoms with Crippen molar-refractivity contribution in [3.05, 3.63) is 107 Å². The lowest BCUT2D eigenvalue weighted by molar-refractivity contribution is -0.122. The highest BCUT2D eigenvalue weighted by Crippen LogP contribution is 2.35. The number of aryl methyl sites for hydroxylation is 2. The largest absolute Gasteiger partial charge is 0.324 e. The van der Waals surface area contributed by atoms with Crippen LogP contribution in [0.15, 0.2) is 84.9 Å². The number of hydrogen-bond acceptors (Lipinski definition) is 4. The highest BCUT2D eigenvalue weighted by Gasteiger charge is 2.31. The number of nitrogens with one attached hydrogen (secondary N) is 3. The summed E-state index contributed by atoms with van der Waals surface area (Å²) < 4.78 is 1.78. The molecule has 1 fully saturated rings.